The highest BCUT2D eigenvalue weighted by atomic mass is 16.6. The molecule has 1 heterocycles. The maximum Gasteiger partial charge on any atom is 0.162 e. The van der Waals surface area contributed by atoms with Crippen LogP contribution in [0.3, 0.4) is 0 Å². The van der Waals surface area contributed by atoms with E-state index in [0.717, 1.165) is 39.1 Å². The Labute approximate surface area is 122 Å². The Hall–Kier alpha value is -1.10. The zero-order valence-corrected chi connectivity index (χ0v) is 12.6. The normalized spacial score (nSPS) is 19.9. The van der Waals surface area contributed by atoms with Crippen molar-refractivity contribution in [3.63, 3.8) is 0 Å². The first-order chi connectivity index (χ1) is 9.61. The second-order valence-electron chi connectivity index (χ2n) is 5.65. The predicted molar refractivity (Wildman–Crippen MR) is 82.0 cm³/mol. The van der Waals surface area contributed by atoms with Gasteiger partial charge in [0.05, 0.1) is 0 Å². The molecule has 1 atom stereocenters. The van der Waals surface area contributed by atoms with Gasteiger partial charge in [-0.05, 0) is 32.0 Å². The lowest BCUT2D eigenvalue weighted by atomic mass is 10.1. The Balaban J connectivity index is 1.70. The zero-order valence-electron chi connectivity index (χ0n) is 12.6. The highest BCUT2D eigenvalue weighted by Crippen LogP contribution is 2.17. The summed E-state index contributed by atoms with van der Waals surface area (Å²) >= 11 is 0. The minimum Gasteiger partial charge on any atom is -0.369 e. The second-order valence-corrected chi connectivity index (χ2v) is 5.65. The largest absolute Gasteiger partial charge is 0.369 e. The molecule has 1 saturated heterocycles. The zero-order chi connectivity index (χ0) is 14.4. The van der Waals surface area contributed by atoms with Gasteiger partial charge in [0.25, 0.3) is 0 Å². The SMILES string of the molecule is COC(C)(O)CCCN1CCN(c2ccccc2)CC1. The molecule has 2 rings (SSSR count). The summed E-state index contributed by atoms with van der Waals surface area (Å²) in [6.07, 6.45) is 1.65. The summed E-state index contributed by atoms with van der Waals surface area (Å²) in [5.74, 6) is -0.980. The predicted octanol–water partition coefficient (Wildman–Crippen LogP) is 1.94. The number of hydrogen-bond acceptors (Lipinski definition) is 4. The Morgan fingerprint density at radius 1 is 1.15 bits per heavy atom. The fraction of sp³-hybridized carbons (Fsp3) is 0.625. The lowest BCUT2D eigenvalue weighted by Crippen LogP contribution is -2.46. The van der Waals surface area contributed by atoms with Crippen LogP contribution in [0, 0.1) is 0 Å². The number of aliphatic hydroxyl groups is 1. The van der Waals surface area contributed by atoms with Crippen molar-refractivity contribution < 1.29 is 9.84 Å². The van der Waals surface area contributed by atoms with Crippen molar-refractivity contribution in [2.75, 3.05) is 44.7 Å². The third kappa shape index (κ3) is 4.47. The molecule has 1 aliphatic heterocycles. The summed E-state index contributed by atoms with van der Waals surface area (Å²) in [5, 5.41) is 9.79. The Morgan fingerprint density at radius 2 is 1.80 bits per heavy atom. The van der Waals surface area contributed by atoms with Gasteiger partial charge in [-0.3, -0.25) is 4.90 Å². The fourth-order valence-electron chi connectivity index (χ4n) is 2.60. The standard InChI is InChI=1S/C16H26N2O2/c1-16(19,20-2)9-6-10-17-11-13-18(14-12-17)15-7-4-3-5-8-15/h3-5,7-8,19H,6,9-14H2,1-2H3. The molecule has 1 aliphatic rings. The molecular weight excluding hydrogens is 252 g/mol. The number of piperazine rings is 1. The number of para-hydroxylation sites is 1. The van der Waals surface area contributed by atoms with Crippen LogP contribution in [0.15, 0.2) is 30.3 Å². The number of rotatable bonds is 6. The second kappa shape index (κ2) is 7.07. The van der Waals surface area contributed by atoms with E-state index in [1.54, 1.807) is 14.0 Å². The highest BCUT2D eigenvalue weighted by molar-refractivity contribution is 5.46. The van der Waals surface area contributed by atoms with Gasteiger partial charge in [0.2, 0.25) is 0 Å². The van der Waals surface area contributed by atoms with E-state index in [0.29, 0.717) is 6.42 Å². The molecule has 4 nitrogen and oxygen atoms in total. The molecule has 0 bridgehead atoms. The lowest BCUT2D eigenvalue weighted by Gasteiger charge is -2.36. The van der Waals surface area contributed by atoms with Crippen LogP contribution in [0.5, 0.6) is 0 Å². The number of ether oxygens (including phenoxy) is 1. The minimum absolute atomic E-state index is 0.683. The van der Waals surface area contributed by atoms with Crippen LogP contribution in [-0.2, 0) is 4.74 Å². The van der Waals surface area contributed by atoms with Crippen molar-refractivity contribution in [2.45, 2.75) is 25.6 Å². The summed E-state index contributed by atoms with van der Waals surface area (Å²) in [4.78, 5) is 4.90. The van der Waals surface area contributed by atoms with Gasteiger partial charge in [0.15, 0.2) is 5.79 Å². The van der Waals surface area contributed by atoms with Crippen LogP contribution in [-0.4, -0.2) is 55.6 Å². The van der Waals surface area contributed by atoms with E-state index in [1.165, 1.54) is 5.69 Å². The van der Waals surface area contributed by atoms with Crippen molar-refractivity contribution in [1.29, 1.82) is 0 Å². The van der Waals surface area contributed by atoms with Gasteiger partial charge in [-0.2, -0.15) is 0 Å². The van der Waals surface area contributed by atoms with E-state index in [2.05, 4.69) is 40.1 Å². The third-order valence-corrected chi connectivity index (χ3v) is 4.05. The molecule has 0 spiro atoms. The Kier molecular flexibility index (Phi) is 5.40. The molecule has 20 heavy (non-hydrogen) atoms. The first kappa shape index (κ1) is 15.3. The molecule has 1 unspecified atom stereocenters. The number of methoxy groups -OCH3 is 1. The van der Waals surface area contributed by atoms with Crippen molar-refractivity contribution >= 4 is 5.69 Å². The molecule has 0 aromatic heterocycles. The number of benzene rings is 1. The summed E-state index contributed by atoms with van der Waals surface area (Å²) in [5.41, 5.74) is 1.31. The molecule has 112 valence electrons. The van der Waals surface area contributed by atoms with Crippen molar-refractivity contribution in [3.8, 4) is 0 Å². The molecule has 0 radical (unpaired) electrons. The van der Waals surface area contributed by atoms with Crippen LogP contribution in [0.2, 0.25) is 0 Å². The number of anilines is 1. The van der Waals surface area contributed by atoms with Crippen molar-refractivity contribution in [1.82, 2.24) is 4.90 Å². The van der Waals surface area contributed by atoms with Gasteiger partial charge < -0.3 is 14.7 Å². The summed E-state index contributed by atoms with van der Waals surface area (Å²) in [7, 11) is 1.55. The maximum atomic E-state index is 9.79. The van der Waals surface area contributed by atoms with Crippen molar-refractivity contribution in [2.24, 2.45) is 0 Å². The topological polar surface area (TPSA) is 35.9 Å². The monoisotopic (exact) mass is 278 g/mol. The van der Waals surface area contributed by atoms with E-state index in [9.17, 15) is 5.11 Å². The fourth-order valence-corrected chi connectivity index (χ4v) is 2.60. The molecule has 1 fully saturated rings. The first-order valence-corrected chi connectivity index (χ1v) is 7.40. The van der Waals surface area contributed by atoms with Gasteiger partial charge in [-0.1, -0.05) is 18.2 Å². The molecule has 0 amide bonds. The number of nitrogens with zero attached hydrogens (tertiary/aromatic N) is 2. The van der Waals surface area contributed by atoms with Gasteiger partial charge in [0, 0.05) is 45.4 Å². The molecule has 4 heteroatoms. The van der Waals surface area contributed by atoms with Crippen LogP contribution in [0.25, 0.3) is 0 Å². The number of hydrogen-bond donors (Lipinski definition) is 1. The lowest BCUT2D eigenvalue weighted by molar-refractivity contribution is -0.176. The molecule has 0 aliphatic carbocycles. The van der Waals surface area contributed by atoms with Crippen molar-refractivity contribution in [3.05, 3.63) is 30.3 Å². The summed E-state index contributed by atoms with van der Waals surface area (Å²) < 4.78 is 5.03. The molecule has 1 aromatic rings. The van der Waals surface area contributed by atoms with Gasteiger partial charge in [-0.15, -0.1) is 0 Å². The average molecular weight is 278 g/mol. The van der Waals surface area contributed by atoms with Gasteiger partial charge in [0.1, 0.15) is 0 Å². The Morgan fingerprint density at radius 3 is 2.40 bits per heavy atom. The van der Waals surface area contributed by atoms with E-state index in [1.807, 2.05) is 0 Å². The molecule has 1 N–H and O–H groups in total. The minimum atomic E-state index is -0.980. The summed E-state index contributed by atoms with van der Waals surface area (Å²) in [6.45, 7) is 7.08. The van der Waals surface area contributed by atoms with E-state index >= 15 is 0 Å². The van der Waals surface area contributed by atoms with E-state index in [-0.39, 0.29) is 0 Å². The highest BCUT2D eigenvalue weighted by Gasteiger charge is 2.20. The first-order valence-electron chi connectivity index (χ1n) is 7.40. The van der Waals surface area contributed by atoms with Crippen LogP contribution >= 0.6 is 0 Å². The molecule has 0 saturated carbocycles. The van der Waals surface area contributed by atoms with Crippen LogP contribution in [0.1, 0.15) is 19.8 Å². The third-order valence-electron chi connectivity index (χ3n) is 4.05. The van der Waals surface area contributed by atoms with Gasteiger partial charge >= 0.3 is 0 Å². The van der Waals surface area contributed by atoms with Crippen LogP contribution in [0.4, 0.5) is 5.69 Å². The van der Waals surface area contributed by atoms with E-state index < -0.39 is 5.79 Å². The van der Waals surface area contributed by atoms with E-state index in [4.69, 9.17) is 4.74 Å². The maximum absolute atomic E-state index is 9.79. The van der Waals surface area contributed by atoms with Gasteiger partial charge in [-0.25, -0.2) is 0 Å². The average Bonchev–Trinajstić information content (AvgIpc) is 2.49. The molecular formula is C16H26N2O2. The smallest absolute Gasteiger partial charge is 0.162 e. The molecule has 1 aromatic carbocycles. The summed E-state index contributed by atoms with van der Waals surface area (Å²) in [6, 6.07) is 10.6. The Bertz CT molecular complexity index is 387. The van der Waals surface area contributed by atoms with Crippen LogP contribution < -0.4 is 4.90 Å². The quantitative estimate of drug-likeness (QED) is 0.807.